The lowest BCUT2D eigenvalue weighted by Gasteiger charge is -2.33. The summed E-state index contributed by atoms with van der Waals surface area (Å²) in [6.07, 6.45) is 1.37. The van der Waals surface area contributed by atoms with E-state index in [0.717, 1.165) is 58.9 Å². The van der Waals surface area contributed by atoms with Crippen molar-refractivity contribution in [3.8, 4) is 5.75 Å². The van der Waals surface area contributed by atoms with Crippen LogP contribution >= 0.6 is 11.8 Å². The van der Waals surface area contributed by atoms with Crippen molar-refractivity contribution in [3.05, 3.63) is 58.9 Å². The summed E-state index contributed by atoms with van der Waals surface area (Å²) in [6.45, 7) is 3.62. The van der Waals surface area contributed by atoms with E-state index in [1.807, 2.05) is 47.0 Å². The summed E-state index contributed by atoms with van der Waals surface area (Å²) in [7, 11) is 1.63. The molecule has 0 spiro atoms. The third-order valence-corrected chi connectivity index (χ3v) is 8.66. The number of cyclic esters (lactones) is 1. The number of fused-ring (bicyclic) bond motifs is 2. The Morgan fingerprint density at radius 2 is 1.84 bits per heavy atom. The van der Waals surface area contributed by atoms with Crippen LogP contribution in [0.1, 0.15) is 12.8 Å². The van der Waals surface area contributed by atoms with Crippen LogP contribution in [0, 0.1) is 5.92 Å². The minimum absolute atomic E-state index is 0.00600. The molecule has 9 nitrogen and oxygen atoms in total. The Morgan fingerprint density at radius 3 is 2.66 bits per heavy atom. The number of thioether (sulfide) groups is 1. The molecule has 0 bridgehead atoms. The van der Waals surface area contributed by atoms with Gasteiger partial charge in [-0.3, -0.25) is 19.4 Å². The molecule has 4 heterocycles. The molecule has 2 aromatic carbocycles. The fraction of sp³-hybridized carbons (Fsp3) is 0.393. The van der Waals surface area contributed by atoms with Crippen molar-refractivity contribution in [2.45, 2.75) is 30.4 Å². The van der Waals surface area contributed by atoms with Gasteiger partial charge in [0, 0.05) is 35.8 Å². The normalized spacial score (nSPS) is 20.3. The molecule has 0 aliphatic carbocycles. The van der Waals surface area contributed by atoms with Crippen LogP contribution in [0.3, 0.4) is 0 Å². The van der Waals surface area contributed by atoms with Gasteiger partial charge >= 0.3 is 6.09 Å². The first-order chi connectivity index (χ1) is 18.5. The van der Waals surface area contributed by atoms with Crippen LogP contribution in [-0.2, 0) is 16.1 Å². The highest BCUT2D eigenvalue weighted by Gasteiger charge is 2.35. The van der Waals surface area contributed by atoms with Crippen LogP contribution in [-0.4, -0.2) is 66.6 Å². The monoisotopic (exact) mass is 534 g/mol. The van der Waals surface area contributed by atoms with Crippen LogP contribution in [0.25, 0.3) is 10.9 Å². The largest absolute Gasteiger partial charge is 0.497 e. The van der Waals surface area contributed by atoms with Gasteiger partial charge in [-0.05, 0) is 73.6 Å². The van der Waals surface area contributed by atoms with Crippen LogP contribution in [0.4, 0.5) is 16.2 Å². The summed E-state index contributed by atoms with van der Waals surface area (Å²) in [5.74, 6) is 1.51. The van der Waals surface area contributed by atoms with Gasteiger partial charge in [0.25, 0.3) is 5.56 Å². The molecule has 198 valence electrons. The first-order valence-corrected chi connectivity index (χ1v) is 13.9. The molecule has 6 rings (SSSR count). The SMILES string of the molecule is COc1ccc2ccc(=O)n(CC3CCN(C[C@@H]4CN(c5ccc6c(c5)NC(=O)CS6)C(=O)O4)CC3)c2c1. The van der Waals surface area contributed by atoms with Crippen molar-refractivity contribution in [1.82, 2.24) is 9.47 Å². The number of rotatable bonds is 6. The second kappa shape index (κ2) is 10.3. The topological polar surface area (TPSA) is 93.1 Å². The van der Waals surface area contributed by atoms with Crippen molar-refractivity contribution in [2.24, 2.45) is 5.92 Å². The van der Waals surface area contributed by atoms with Crippen molar-refractivity contribution >= 4 is 46.0 Å². The molecule has 3 aromatic rings. The Balaban J connectivity index is 1.06. The number of amides is 2. The number of piperidine rings is 1. The third kappa shape index (κ3) is 4.98. The molecule has 1 aromatic heterocycles. The van der Waals surface area contributed by atoms with Gasteiger partial charge in [-0.25, -0.2) is 4.79 Å². The van der Waals surface area contributed by atoms with Gasteiger partial charge in [0.2, 0.25) is 5.91 Å². The Labute approximate surface area is 224 Å². The zero-order valence-corrected chi connectivity index (χ0v) is 22.0. The van der Waals surface area contributed by atoms with Crippen LogP contribution < -0.4 is 20.5 Å². The summed E-state index contributed by atoms with van der Waals surface area (Å²) in [6, 6.07) is 15.0. The number of likely N-dealkylation sites (tertiary alicyclic amines) is 1. The highest BCUT2D eigenvalue weighted by Crippen LogP contribution is 2.35. The fourth-order valence-electron chi connectivity index (χ4n) is 5.55. The number of carbonyl (C=O) groups is 2. The Morgan fingerprint density at radius 1 is 1.03 bits per heavy atom. The van der Waals surface area contributed by atoms with Crippen molar-refractivity contribution in [1.29, 1.82) is 0 Å². The van der Waals surface area contributed by atoms with Gasteiger partial charge in [-0.1, -0.05) is 0 Å². The number of pyridine rings is 1. The fourth-order valence-corrected chi connectivity index (χ4v) is 6.34. The highest BCUT2D eigenvalue weighted by atomic mass is 32.2. The number of aromatic nitrogens is 1. The molecular weight excluding hydrogens is 504 g/mol. The first-order valence-electron chi connectivity index (χ1n) is 12.9. The lowest BCUT2D eigenvalue weighted by Crippen LogP contribution is -2.41. The van der Waals surface area contributed by atoms with E-state index in [-0.39, 0.29) is 23.7 Å². The predicted octanol–water partition coefficient (Wildman–Crippen LogP) is 3.79. The number of benzene rings is 2. The summed E-state index contributed by atoms with van der Waals surface area (Å²) in [5.41, 5.74) is 2.38. The van der Waals surface area contributed by atoms with Crippen molar-refractivity contribution < 1.29 is 19.1 Å². The van der Waals surface area contributed by atoms with E-state index < -0.39 is 0 Å². The van der Waals surface area contributed by atoms with Crippen LogP contribution in [0.15, 0.2) is 58.2 Å². The van der Waals surface area contributed by atoms with Crippen LogP contribution in [0.2, 0.25) is 0 Å². The molecule has 0 saturated carbocycles. The van der Waals surface area contributed by atoms with E-state index >= 15 is 0 Å². The molecule has 2 saturated heterocycles. The van der Waals surface area contributed by atoms with Gasteiger partial charge < -0.3 is 19.4 Å². The molecule has 3 aliphatic rings. The maximum absolute atomic E-state index is 12.7. The summed E-state index contributed by atoms with van der Waals surface area (Å²) in [4.78, 5) is 42.1. The Kier molecular flexibility index (Phi) is 6.75. The van der Waals surface area contributed by atoms with E-state index in [0.29, 0.717) is 31.3 Å². The number of methoxy groups -OCH3 is 1. The molecule has 10 heteroatoms. The number of nitrogens with one attached hydrogen (secondary N) is 1. The number of hydrogen-bond donors (Lipinski definition) is 1. The number of anilines is 2. The lowest BCUT2D eigenvalue weighted by atomic mass is 9.96. The minimum Gasteiger partial charge on any atom is -0.497 e. The van der Waals surface area contributed by atoms with Crippen molar-refractivity contribution in [3.63, 3.8) is 0 Å². The molecular formula is C28H30N4O5S. The zero-order chi connectivity index (χ0) is 26.2. The second-order valence-electron chi connectivity index (χ2n) is 10.1. The number of ether oxygens (including phenoxy) is 2. The van der Waals surface area contributed by atoms with E-state index in [2.05, 4.69) is 10.2 Å². The standard InChI is InChI=1S/C28H30N4O5S/c1-36-21-5-2-19-3-7-27(34)32(24(19)13-21)14-18-8-10-30(11-9-18)15-22-16-31(28(35)37-22)20-4-6-25-23(12-20)29-26(33)17-38-25/h2-7,12-13,18,22H,8-11,14-17H2,1H3,(H,29,33)/t22-/m1/s1. The Bertz CT molecular complexity index is 1450. The van der Waals surface area contributed by atoms with Crippen molar-refractivity contribution in [2.75, 3.05) is 49.3 Å². The number of hydrogen-bond acceptors (Lipinski definition) is 7. The first kappa shape index (κ1) is 24.8. The average molecular weight is 535 g/mol. The molecule has 3 aliphatic heterocycles. The molecule has 0 radical (unpaired) electrons. The second-order valence-corrected chi connectivity index (χ2v) is 11.1. The number of nitrogens with zero attached hydrogens (tertiary/aromatic N) is 3. The minimum atomic E-state index is -0.356. The molecule has 2 amide bonds. The maximum atomic E-state index is 12.7. The molecule has 0 unspecified atom stereocenters. The molecule has 2 fully saturated rings. The quantitative estimate of drug-likeness (QED) is 0.514. The van der Waals surface area contributed by atoms with E-state index in [9.17, 15) is 14.4 Å². The van der Waals surface area contributed by atoms with Gasteiger partial charge in [-0.15, -0.1) is 11.8 Å². The summed E-state index contributed by atoms with van der Waals surface area (Å²) in [5, 5.41) is 3.91. The zero-order valence-electron chi connectivity index (χ0n) is 21.2. The smallest absolute Gasteiger partial charge is 0.414 e. The van der Waals surface area contributed by atoms with Gasteiger partial charge in [0.15, 0.2) is 0 Å². The predicted molar refractivity (Wildman–Crippen MR) is 147 cm³/mol. The highest BCUT2D eigenvalue weighted by molar-refractivity contribution is 8.00. The van der Waals surface area contributed by atoms with E-state index in [1.54, 1.807) is 18.1 Å². The maximum Gasteiger partial charge on any atom is 0.414 e. The van der Waals surface area contributed by atoms with Gasteiger partial charge in [-0.2, -0.15) is 0 Å². The lowest BCUT2D eigenvalue weighted by molar-refractivity contribution is -0.113. The summed E-state index contributed by atoms with van der Waals surface area (Å²) < 4.78 is 12.9. The van der Waals surface area contributed by atoms with E-state index in [4.69, 9.17) is 9.47 Å². The molecule has 38 heavy (non-hydrogen) atoms. The molecule has 1 atom stereocenters. The third-order valence-electron chi connectivity index (χ3n) is 7.59. The molecule has 1 N–H and O–H groups in total. The van der Waals surface area contributed by atoms with Gasteiger partial charge in [0.05, 0.1) is 30.6 Å². The Hall–Kier alpha value is -3.50. The van der Waals surface area contributed by atoms with E-state index in [1.165, 1.54) is 11.8 Å². The summed E-state index contributed by atoms with van der Waals surface area (Å²) >= 11 is 1.50. The van der Waals surface area contributed by atoms with Gasteiger partial charge in [0.1, 0.15) is 11.9 Å². The average Bonchev–Trinajstić information content (AvgIpc) is 3.30. The number of carbonyl (C=O) groups excluding carboxylic acids is 2. The van der Waals surface area contributed by atoms with Crippen LogP contribution in [0.5, 0.6) is 5.75 Å².